The van der Waals surface area contributed by atoms with Crippen LogP contribution in [0.5, 0.6) is 0 Å². The fourth-order valence-electron chi connectivity index (χ4n) is 1.82. The summed E-state index contributed by atoms with van der Waals surface area (Å²) in [5.41, 5.74) is 5.60. The van der Waals surface area contributed by atoms with E-state index in [-0.39, 0.29) is 11.8 Å². The first kappa shape index (κ1) is 13.1. The number of hydrogen-bond donors (Lipinski definition) is 1. The van der Waals surface area contributed by atoms with Crippen LogP contribution in [-0.4, -0.2) is 20.2 Å². The molecular formula is C14H17NO2S. The Hall–Kier alpha value is -1.39. The van der Waals surface area contributed by atoms with E-state index in [2.05, 4.69) is 0 Å². The molecule has 0 saturated carbocycles. The lowest BCUT2D eigenvalue weighted by atomic mass is 10.1. The van der Waals surface area contributed by atoms with E-state index >= 15 is 0 Å². The molecule has 0 amide bonds. The Morgan fingerprint density at radius 1 is 1.11 bits per heavy atom. The van der Waals surface area contributed by atoms with E-state index < -0.39 is 9.84 Å². The van der Waals surface area contributed by atoms with Crippen molar-refractivity contribution in [1.82, 2.24) is 0 Å². The number of rotatable bonds is 4. The van der Waals surface area contributed by atoms with E-state index in [1.54, 1.807) is 12.1 Å². The van der Waals surface area contributed by atoms with Crippen molar-refractivity contribution in [2.45, 2.75) is 24.3 Å². The van der Waals surface area contributed by atoms with Gasteiger partial charge in [0.25, 0.3) is 0 Å². The Bertz CT molecular complexity index is 648. The van der Waals surface area contributed by atoms with Crippen LogP contribution in [0.2, 0.25) is 0 Å². The summed E-state index contributed by atoms with van der Waals surface area (Å²) in [6.07, 6.45) is 0.481. The minimum absolute atomic E-state index is 0.0970. The molecule has 2 aromatic carbocycles. The van der Waals surface area contributed by atoms with Crippen molar-refractivity contribution in [1.29, 1.82) is 0 Å². The summed E-state index contributed by atoms with van der Waals surface area (Å²) in [4.78, 5) is 0.377. The fourth-order valence-corrected chi connectivity index (χ4v) is 3.32. The Labute approximate surface area is 108 Å². The first-order valence-corrected chi connectivity index (χ1v) is 7.61. The maximum atomic E-state index is 12.1. The summed E-state index contributed by atoms with van der Waals surface area (Å²) < 4.78 is 24.2. The van der Waals surface area contributed by atoms with E-state index in [4.69, 9.17) is 5.73 Å². The molecule has 3 nitrogen and oxygen atoms in total. The molecule has 2 N–H and O–H groups in total. The Balaban J connectivity index is 2.35. The van der Waals surface area contributed by atoms with Crippen molar-refractivity contribution < 1.29 is 8.42 Å². The molecule has 2 aromatic rings. The highest BCUT2D eigenvalue weighted by atomic mass is 32.2. The maximum Gasteiger partial charge on any atom is 0.178 e. The molecule has 4 heteroatoms. The molecule has 0 fully saturated rings. The fraction of sp³-hybridized carbons (Fsp3) is 0.286. The highest BCUT2D eigenvalue weighted by Gasteiger charge is 2.15. The van der Waals surface area contributed by atoms with Gasteiger partial charge in [-0.3, -0.25) is 0 Å². The standard InChI is InChI=1S/C14H17NO2S/c1-11(15)8-9-18(16,17)14-7-6-12-4-2-3-5-13(12)10-14/h2-7,10-11H,8-9,15H2,1H3. The molecule has 0 saturated heterocycles. The van der Waals surface area contributed by atoms with Gasteiger partial charge in [0.15, 0.2) is 9.84 Å². The molecule has 0 aliphatic carbocycles. The van der Waals surface area contributed by atoms with Gasteiger partial charge in [-0.05, 0) is 36.2 Å². The van der Waals surface area contributed by atoms with Gasteiger partial charge in [0, 0.05) is 6.04 Å². The van der Waals surface area contributed by atoms with E-state index in [1.807, 2.05) is 37.3 Å². The van der Waals surface area contributed by atoms with Crippen molar-refractivity contribution in [2.24, 2.45) is 5.73 Å². The Morgan fingerprint density at radius 3 is 2.44 bits per heavy atom. The SMILES string of the molecule is CC(N)CCS(=O)(=O)c1ccc2ccccc2c1. The normalized spacial score (nSPS) is 13.7. The molecule has 0 spiro atoms. The number of fused-ring (bicyclic) bond motifs is 1. The van der Waals surface area contributed by atoms with Crippen LogP contribution in [0.1, 0.15) is 13.3 Å². The number of hydrogen-bond acceptors (Lipinski definition) is 3. The zero-order chi connectivity index (χ0) is 13.2. The van der Waals surface area contributed by atoms with Gasteiger partial charge in [-0.2, -0.15) is 0 Å². The summed E-state index contributed by atoms with van der Waals surface area (Å²) >= 11 is 0. The van der Waals surface area contributed by atoms with Gasteiger partial charge in [-0.1, -0.05) is 30.3 Å². The lowest BCUT2D eigenvalue weighted by Crippen LogP contribution is -2.20. The van der Waals surface area contributed by atoms with Crippen molar-refractivity contribution in [3.63, 3.8) is 0 Å². The maximum absolute atomic E-state index is 12.1. The predicted molar refractivity (Wildman–Crippen MR) is 74.3 cm³/mol. The summed E-state index contributed by atoms with van der Waals surface area (Å²) in [5.74, 6) is 0.100. The number of benzene rings is 2. The highest BCUT2D eigenvalue weighted by molar-refractivity contribution is 7.91. The van der Waals surface area contributed by atoms with Crippen molar-refractivity contribution >= 4 is 20.6 Å². The van der Waals surface area contributed by atoms with Crippen LogP contribution in [0.3, 0.4) is 0 Å². The minimum Gasteiger partial charge on any atom is -0.328 e. The zero-order valence-electron chi connectivity index (χ0n) is 10.3. The second kappa shape index (κ2) is 5.08. The van der Waals surface area contributed by atoms with Crippen molar-refractivity contribution in [3.8, 4) is 0 Å². The van der Waals surface area contributed by atoms with Gasteiger partial charge in [0.05, 0.1) is 10.6 Å². The van der Waals surface area contributed by atoms with Crippen LogP contribution < -0.4 is 5.73 Å². The second-order valence-corrected chi connectivity index (χ2v) is 6.70. The van der Waals surface area contributed by atoms with Crippen LogP contribution in [0.15, 0.2) is 47.4 Å². The van der Waals surface area contributed by atoms with Crippen LogP contribution in [-0.2, 0) is 9.84 Å². The molecule has 0 bridgehead atoms. The molecule has 0 heterocycles. The third-order valence-electron chi connectivity index (χ3n) is 2.92. The van der Waals surface area contributed by atoms with Crippen LogP contribution in [0.4, 0.5) is 0 Å². The minimum atomic E-state index is -3.23. The van der Waals surface area contributed by atoms with Crippen LogP contribution >= 0.6 is 0 Å². The van der Waals surface area contributed by atoms with Gasteiger partial charge in [-0.15, -0.1) is 0 Å². The van der Waals surface area contributed by atoms with Gasteiger partial charge in [0.2, 0.25) is 0 Å². The molecule has 0 aliphatic heterocycles. The van der Waals surface area contributed by atoms with Crippen molar-refractivity contribution in [2.75, 3.05) is 5.75 Å². The van der Waals surface area contributed by atoms with Crippen molar-refractivity contribution in [3.05, 3.63) is 42.5 Å². The van der Waals surface area contributed by atoms with Crippen LogP contribution in [0.25, 0.3) is 10.8 Å². The molecule has 1 atom stereocenters. The van der Waals surface area contributed by atoms with Gasteiger partial charge in [-0.25, -0.2) is 8.42 Å². The van der Waals surface area contributed by atoms with E-state index in [9.17, 15) is 8.42 Å². The van der Waals surface area contributed by atoms with Gasteiger partial charge < -0.3 is 5.73 Å². The molecule has 0 aliphatic rings. The number of nitrogens with two attached hydrogens (primary N) is 1. The molecule has 2 rings (SSSR count). The average Bonchev–Trinajstić information content (AvgIpc) is 2.36. The second-order valence-electron chi connectivity index (χ2n) is 4.59. The van der Waals surface area contributed by atoms with E-state index in [0.29, 0.717) is 11.3 Å². The molecule has 0 radical (unpaired) electrons. The zero-order valence-corrected chi connectivity index (χ0v) is 11.2. The third-order valence-corrected chi connectivity index (χ3v) is 4.67. The molecule has 18 heavy (non-hydrogen) atoms. The highest BCUT2D eigenvalue weighted by Crippen LogP contribution is 2.20. The smallest absolute Gasteiger partial charge is 0.178 e. The lowest BCUT2D eigenvalue weighted by molar-refractivity contribution is 0.587. The first-order chi connectivity index (χ1) is 8.49. The topological polar surface area (TPSA) is 60.2 Å². The average molecular weight is 263 g/mol. The Kier molecular flexibility index (Phi) is 3.68. The largest absolute Gasteiger partial charge is 0.328 e. The predicted octanol–water partition coefficient (Wildman–Crippen LogP) is 2.35. The quantitative estimate of drug-likeness (QED) is 0.921. The number of sulfone groups is 1. The van der Waals surface area contributed by atoms with Crippen LogP contribution in [0, 0.1) is 0 Å². The first-order valence-electron chi connectivity index (χ1n) is 5.96. The molecule has 0 aromatic heterocycles. The summed E-state index contributed by atoms with van der Waals surface area (Å²) in [6, 6.07) is 12.9. The third kappa shape index (κ3) is 2.89. The summed E-state index contributed by atoms with van der Waals surface area (Å²) in [6.45, 7) is 1.82. The molecular weight excluding hydrogens is 246 g/mol. The van der Waals surface area contributed by atoms with E-state index in [1.165, 1.54) is 0 Å². The van der Waals surface area contributed by atoms with Gasteiger partial charge >= 0.3 is 0 Å². The van der Waals surface area contributed by atoms with Gasteiger partial charge in [0.1, 0.15) is 0 Å². The monoisotopic (exact) mass is 263 g/mol. The summed E-state index contributed by atoms with van der Waals surface area (Å²) in [5, 5.41) is 1.99. The molecule has 1 unspecified atom stereocenters. The lowest BCUT2D eigenvalue weighted by Gasteiger charge is -2.07. The molecule has 96 valence electrons. The Morgan fingerprint density at radius 2 is 1.78 bits per heavy atom. The van der Waals surface area contributed by atoms with E-state index in [0.717, 1.165) is 10.8 Å². The summed E-state index contributed by atoms with van der Waals surface area (Å²) in [7, 11) is -3.23.